The predicted molar refractivity (Wildman–Crippen MR) is 113 cm³/mol. The number of nitrogens with one attached hydrogen (secondary N) is 1. The summed E-state index contributed by atoms with van der Waals surface area (Å²) in [6, 6.07) is 13.3. The molecule has 162 valence electrons. The van der Waals surface area contributed by atoms with Crippen molar-refractivity contribution in [2.45, 2.75) is 19.4 Å². The number of hydrogen-bond donors (Lipinski definition) is 1. The van der Waals surface area contributed by atoms with E-state index in [1.54, 1.807) is 23.3 Å². The van der Waals surface area contributed by atoms with Gasteiger partial charge in [-0.3, -0.25) is 0 Å². The van der Waals surface area contributed by atoms with Gasteiger partial charge in [-0.1, -0.05) is 12.1 Å². The van der Waals surface area contributed by atoms with Crippen LogP contribution in [0.4, 0.5) is 9.18 Å². The maximum atomic E-state index is 13.0. The lowest BCUT2D eigenvalue weighted by molar-refractivity contribution is 0.0676. The number of ether oxygens (including phenoxy) is 2. The molecule has 1 N–H and O–H groups in total. The first-order valence-electron chi connectivity index (χ1n) is 10.2. The molecule has 0 saturated carbocycles. The van der Waals surface area contributed by atoms with E-state index in [1.165, 1.54) is 12.1 Å². The molecule has 0 aliphatic carbocycles. The van der Waals surface area contributed by atoms with E-state index >= 15 is 0 Å². The van der Waals surface area contributed by atoms with Crippen molar-refractivity contribution in [3.05, 3.63) is 66.3 Å². The third kappa shape index (κ3) is 5.14. The second-order valence-corrected chi connectivity index (χ2v) is 7.17. The van der Waals surface area contributed by atoms with Crippen LogP contribution >= 0.6 is 0 Å². The Balaban J connectivity index is 1.26. The fourth-order valence-corrected chi connectivity index (χ4v) is 3.31. The number of aromatic nitrogens is 1. The van der Waals surface area contributed by atoms with E-state index < -0.39 is 0 Å². The molecule has 1 aliphatic rings. The van der Waals surface area contributed by atoms with Crippen LogP contribution in [-0.4, -0.2) is 48.3 Å². The minimum absolute atomic E-state index is 0.174. The smallest absolute Gasteiger partial charge is 0.317 e. The highest BCUT2D eigenvalue weighted by Gasteiger charge is 2.24. The summed E-state index contributed by atoms with van der Waals surface area (Å²) in [6.45, 7) is 3.70. The predicted octanol–water partition coefficient (Wildman–Crippen LogP) is 3.89. The normalized spacial score (nSPS) is 14.8. The van der Waals surface area contributed by atoms with Crippen LogP contribution in [0.5, 0.6) is 11.5 Å². The maximum Gasteiger partial charge on any atom is 0.317 e. The van der Waals surface area contributed by atoms with Gasteiger partial charge in [0.2, 0.25) is 5.89 Å². The van der Waals surface area contributed by atoms with Gasteiger partial charge in [0.15, 0.2) is 17.6 Å². The number of oxazole rings is 1. The van der Waals surface area contributed by atoms with E-state index in [2.05, 4.69) is 10.3 Å². The Morgan fingerprint density at radius 2 is 1.97 bits per heavy atom. The number of benzene rings is 2. The van der Waals surface area contributed by atoms with Gasteiger partial charge < -0.3 is 24.1 Å². The first kappa shape index (κ1) is 20.7. The van der Waals surface area contributed by atoms with Crippen LogP contribution < -0.4 is 14.8 Å². The van der Waals surface area contributed by atoms with Crippen LogP contribution in [0.1, 0.15) is 12.6 Å². The standard InChI is InChI=1S/C23H24FN3O4/c1-2-27(13-19-15-29-20-5-3-4-6-21(20)31-19)23(28)25-12-11-18-14-30-22(26-18)16-7-9-17(24)10-8-16/h3-10,14,19H,2,11-13,15H2,1H3,(H,25,28). The lowest BCUT2D eigenvalue weighted by Crippen LogP contribution is -2.47. The number of hydrogen-bond acceptors (Lipinski definition) is 5. The molecule has 1 aromatic heterocycles. The zero-order chi connectivity index (χ0) is 21.6. The number of likely N-dealkylation sites (N-methyl/N-ethyl adjacent to an activating group) is 1. The molecule has 0 radical (unpaired) electrons. The van der Waals surface area contributed by atoms with Crippen molar-refractivity contribution in [1.29, 1.82) is 0 Å². The fraction of sp³-hybridized carbons (Fsp3) is 0.304. The van der Waals surface area contributed by atoms with Crippen molar-refractivity contribution >= 4 is 6.03 Å². The third-order valence-corrected chi connectivity index (χ3v) is 4.96. The fourth-order valence-electron chi connectivity index (χ4n) is 3.31. The molecule has 0 fully saturated rings. The summed E-state index contributed by atoms with van der Waals surface area (Å²) in [7, 11) is 0. The van der Waals surface area contributed by atoms with Gasteiger partial charge in [-0.2, -0.15) is 0 Å². The van der Waals surface area contributed by atoms with E-state index in [4.69, 9.17) is 13.9 Å². The number of urea groups is 1. The van der Waals surface area contributed by atoms with Gasteiger partial charge in [-0.25, -0.2) is 14.2 Å². The van der Waals surface area contributed by atoms with Gasteiger partial charge >= 0.3 is 6.03 Å². The molecule has 0 spiro atoms. The summed E-state index contributed by atoms with van der Waals surface area (Å²) in [5, 5.41) is 2.91. The zero-order valence-electron chi connectivity index (χ0n) is 17.2. The molecule has 1 unspecified atom stereocenters. The largest absolute Gasteiger partial charge is 0.486 e. The topological polar surface area (TPSA) is 76.8 Å². The summed E-state index contributed by atoms with van der Waals surface area (Å²) in [5.41, 5.74) is 1.41. The van der Waals surface area contributed by atoms with E-state index in [-0.39, 0.29) is 18.0 Å². The second kappa shape index (κ2) is 9.51. The van der Waals surface area contributed by atoms with E-state index in [0.717, 1.165) is 5.75 Å². The molecule has 3 aromatic rings. The Morgan fingerprint density at radius 1 is 1.19 bits per heavy atom. The van der Waals surface area contributed by atoms with E-state index in [1.807, 2.05) is 31.2 Å². The molecule has 0 bridgehead atoms. The summed E-state index contributed by atoms with van der Waals surface area (Å²) in [6.07, 6.45) is 1.84. The molecule has 0 saturated heterocycles. The minimum atomic E-state index is -0.312. The molecular formula is C23H24FN3O4. The summed E-state index contributed by atoms with van der Waals surface area (Å²) >= 11 is 0. The highest BCUT2D eigenvalue weighted by atomic mass is 19.1. The number of fused-ring (bicyclic) bond motifs is 1. The van der Waals surface area contributed by atoms with Crippen molar-refractivity contribution in [2.75, 3.05) is 26.2 Å². The van der Waals surface area contributed by atoms with E-state index in [0.29, 0.717) is 55.6 Å². The van der Waals surface area contributed by atoms with Gasteiger partial charge in [0.05, 0.1) is 12.2 Å². The molecule has 7 nitrogen and oxygen atoms in total. The maximum absolute atomic E-state index is 13.0. The molecule has 31 heavy (non-hydrogen) atoms. The first-order valence-corrected chi connectivity index (χ1v) is 10.2. The molecule has 2 amide bonds. The van der Waals surface area contributed by atoms with E-state index in [9.17, 15) is 9.18 Å². The Labute approximate surface area is 179 Å². The number of para-hydroxylation sites is 2. The number of halogens is 1. The Hall–Kier alpha value is -3.55. The Morgan fingerprint density at radius 3 is 2.74 bits per heavy atom. The molecule has 1 atom stereocenters. The first-order chi connectivity index (χ1) is 15.1. The van der Waals surface area contributed by atoms with Crippen molar-refractivity contribution in [2.24, 2.45) is 0 Å². The Kier molecular flexibility index (Phi) is 6.35. The van der Waals surface area contributed by atoms with Gasteiger partial charge in [0.1, 0.15) is 18.7 Å². The van der Waals surface area contributed by atoms with Crippen molar-refractivity contribution in [3.8, 4) is 23.0 Å². The SMILES string of the molecule is CCN(CC1COc2ccccc2O1)C(=O)NCCc1coc(-c2ccc(F)cc2)n1. The van der Waals surface area contributed by atoms with Crippen molar-refractivity contribution in [3.63, 3.8) is 0 Å². The average molecular weight is 425 g/mol. The van der Waals surface area contributed by atoms with Crippen LogP contribution in [0.25, 0.3) is 11.5 Å². The monoisotopic (exact) mass is 425 g/mol. The molecule has 4 rings (SSSR count). The summed E-state index contributed by atoms with van der Waals surface area (Å²) in [5.74, 6) is 1.52. The van der Waals surface area contributed by atoms with Gasteiger partial charge in [-0.05, 0) is 43.3 Å². The number of carbonyl (C=O) groups excluding carboxylic acids is 1. The summed E-state index contributed by atoms with van der Waals surface area (Å²) in [4.78, 5) is 18.7. The van der Waals surface area contributed by atoms with Crippen molar-refractivity contribution in [1.82, 2.24) is 15.2 Å². The quantitative estimate of drug-likeness (QED) is 0.621. The highest BCUT2D eigenvalue weighted by molar-refractivity contribution is 5.74. The second-order valence-electron chi connectivity index (χ2n) is 7.17. The molecule has 2 heterocycles. The lowest BCUT2D eigenvalue weighted by atomic mass is 10.2. The third-order valence-electron chi connectivity index (χ3n) is 4.96. The zero-order valence-corrected chi connectivity index (χ0v) is 17.2. The van der Waals surface area contributed by atoms with Crippen molar-refractivity contribution < 1.29 is 23.1 Å². The van der Waals surface area contributed by atoms with Crippen LogP contribution in [0, 0.1) is 5.82 Å². The van der Waals surface area contributed by atoms with Crippen LogP contribution in [0.3, 0.4) is 0 Å². The molecule has 2 aromatic carbocycles. The summed E-state index contributed by atoms with van der Waals surface area (Å²) < 4.78 is 30.2. The molecular weight excluding hydrogens is 401 g/mol. The van der Waals surface area contributed by atoms with Crippen LogP contribution in [0.15, 0.2) is 59.2 Å². The lowest BCUT2D eigenvalue weighted by Gasteiger charge is -2.30. The number of carbonyl (C=O) groups is 1. The highest BCUT2D eigenvalue weighted by Crippen LogP contribution is 2.31. The Bertz CT molecular complexity index is 1020. The minimum Gasteiger partial charge on any atom is -0.486 e. The number of rotatable bonds is 7. The van der Waals surface area contributed by atoms with Crippen LogP contribution in [0.2, 0.25) is 0 Å². The average Bonchev–Trinajstić information content (AvgIpc) is 3.26. The number of nitrogens with zero attached hydrogens (tertiary/aromatic N) is 2. The van der Waals surface area contributed by atoms with Crippen LogP contribution in [-0.2, 0) is 6.42 Å². The number of amides is 2. The molecule has 8 heteroatoms. The van der Waals surface area contributed by atoms with Gasteiger partial charge in [-0.15, -0.1) is 0 Å². The van der Waals surface area contributed by atoms with Gasteiger partial charge in [0, 0.05) is 25.1 Å². The molecule has 1 aliphatic heterocycles. The van der Waals surface area contributed by atoms with Gasteiger partial charge in [0.25, 0.3) is 0 Å².